The highest BCUT2D eigenvalue weighted by Crippen LogP contribution is 2.32. The maximum Gasteiger partial charge on any atom is 0.229 e. The van der Waals surface area contributed by atoms with E-state index in [1.165, 1.54) is 11.3 Å². The molecule has 1 heterocycles. The van der Waals surface area contributed by atoms with Crippen molar-refractivity contribution < 1.29 is 9.90 Å². The Balaban J connectivity index is 1.73. The van der Waals surface area contributed by atoms with Gasteiger partial charge in [0.2, 0.25) is 11.8 Å². The van der Waals surface area contributed by atoms with Crippen molar-refractivity contribution in [2.24, 2.45) is 0 Å². The number of para-hydroxylation sites is 1. The quantitative estimate of drug-likeness (QED) is 0.772. The molecule has 0 atom stereocenters. The molecule has 3 rings (SSSR count). The van der Waals surface area contributed by atoms with Crippen LogP contribution in [0.2, 0.25) is 0 Å². The van der Waals surface area contributed by atoms with Crippen molar-refractivity contribution in [1.82, 2.24) is 4.98 Å². The summed E-state index contributed by atoms with van der Waals surface area (Å²) < 4.78 is 0. The van der Waals surface area contributed by atoms with E-state index in [1.807, 2.05) is 60.7 Å². The summed E-state index contributed by atoms with van der Waals surface area (Å²) in [6, 6.07) is 18.8. The molecular weight excluding hydrogens is 296 g/mol. The van der Waals surface area contributed by atoms with Gasteiger partial charge in [-0.05, 0) is 12.1 Å². The molecule has 5 heteroatoms. The van der Waals surface area contributed by atoms with E-state index in [-0.39, 0.29) is 18.2 Å². The summed E-state index contributed by atoms with van der Waals surface area (Å²) in [5.74, 6) is -0.253. The number of carbonyl (C=O) groups excluding carboxylic acids is 1. The molecule has 0 aliphatic rings. The monoisotopic (exact) mass is 310 g/mol. The smallest absolute Gasteiger partial charge is 0.229 e. The Hall–Kier alpha value is -2.66. The van der Waals surface area contributed by atoms with Crippen LogP contribution in [0.15, 0.2) is 60.7 Å². The van der Waals surface area contributed by atoms with Gasteiger partial charge in [-0.15, -0.1) is 11.3 Å². The lowest BCUT2D eigenvalue weighted by Gasteiger charge is -2.03. The number of aromatic hydroxyl groups is 1. The van der Waals surface area contributed by atoms with Crippen molar-refractivity contribution >= 4 is 22.9 Å². The summed E-state index contributed by atoms with van der Waals surface area (Å²) in [4.78, 5) is 16.7. The Morgan fingerprint density at radius 3 is 2.36 bits per heavy atom. The molecule has 0 spiro atoms. The Kier molecular flexibility index (Phi) is 4.16. The van der Waals surface area contributed by atoms with E-state index in [0.29, 0.717) is 9.88 Å². The first kappa shape index (κ1) is 14.3. The number of benzene rings is 2. The zero-order valence-corrected chi connectivity index (χ0v) is 12.5. The number of amides is 1. The molecule has 0 saturated heterocycles. The molecule has 0 aliphatic heterocycles. The second-order valence-corrected chi connectivity index (χ2v) is 5.81. The summed E-state index contributed by atoms with van der Waals surface area (Å²) in [5.41, 5.74) is 1.66. The van der Waals surface area contributed by atoms with Crippen LogP contribution in [0.5, 0.6) is 5.88 Å². The van der Waals surface area contributed by atoms with Crippen molar-refractivity contribution in [3.8, 4) is 16.5 Å². The molecule has 0 radical (unpaired) electrons. The van der Waals surface area contributed by atoms with E-state index in [4.69, 9.17) is 0 Å². The van der Waals surface area contributed by atoms with Crippen molar-refractivity contribution in [2.45, 2.75) is 6.42 Å². The average Bonchev–Trinajstić information content (AvgIpc) is 2.90. The van der Waals surface area contributed by atoms with Crippen LogP contribution in [0.4, 0.5) is 5.69 Å². The van der Waals surface area contributed by atoms with Crippen LogP contribution in [-0.2, 0) is 11.2 Å². The van der Waals surface area contributed by atoms with Crippen LogP contribution < -0.4 is 5.32 Å². The molecule has 0 saturated carbocycles. The second kappa shape index (κ2) is 6.41. The maximum atomic E-state index is 12.0. The third-order valence-corrected chi connectivity index (χ3v) is 4.17. The van der Waals surface area contributed by atoms with Gasteiger partial charge in [0.25, 0.3) is 0 Å². The van der Waals surface area contributed by atoms with E-state index < -0.39 is 0 Å². The van der Waals surface area contributed by atoms with Gasteiger partial charge >= 0.3 is 0 Å². The SMILES string of the molecule is O=C(Cc1sc(-c2ccccc2)nc1O)Nc1ccccc1. The number of nitrogens with zero attached hydrogens (tertiary/aromatic N) is 1. The number of hydrogen-bond acceptors (Lipinski definition) is 4. The number of rotatable bonds is 4. The first-order valence-corrected chi connectivity index (χ1v) is 7.63. The third kappa shape index (κ3) is 3.32. The van der Waals surface area contributed by atoms with Crippen LogP contribution in [0.1, 0.15) is 4.88 Å². The predicted octanol–water partition coefficient (Wildman–Crippen LogP) is 3.70. The van der Waals surface area contributed by atoms with E-state index in [1.54, 1.807) is 0 Å². The van der Waals surface area contributed by atoms with Gasteiger partial charge in [0.1, 0.15) is 5.01 Å². The largest absolute Gasteiger partial charge is 0.492 e. The van der Waals surface area contributed by atoms with Gasteiger partial charge < -0.3 is 10.4 Å². The molecule has 0 unspecified atom stereocenters. The van der Waals surface area contributed by atoms with Crippen LogP contribution in [0, 0.1) is 0 Å². The molecule has 110 valence electrons. The van der Waals surface area contributed by atoms with E-state index in [2.05, 4.69) is 10.3 Å². The number of anilines is 1. The summed E-state index contributed by atoms with van der Waals surface area (Å²) in [7, 11) is 0. The van der Waals surface area contributed by atoms with Crippen LogP contribution in [0.25, 0.3) is 10.6 Å². The van der Waals surface area contributed by atoms with Gasteiger partial charge in [0.15, 0.2) is 0 Å². The zero-order chi connectivity index (χ0) is 15.4. The first-order chi connectivity index (χ1) is 10.7. The van der Waals surface area contributed by atoms with Gasteiger partial charge in [-0.1, -0.05) is 48.5 Å². The Bertz CT molecular complexity index is 770. The maximum absolute atomic E-state index is 12.0. The highest BCUT2D eigenvalue weighted by Gasteiger charge is 2.15. The van der Waals surface area contributed by atoms with Gasteiger partial charge in [-0.3, -0.25) is 4.79 Å². The normalized spacial score (nSPS) is 10.4. The Morgan fingerprint density at radius 2 is 1.68 bits per heavy atom. The molecule has 2 aromatic carbocycles. The molecule has 3 aromatic rings. The molecule has 0 aliphatic carbocycles. The van der Waals surface area contributed by atoms with Crippen LogP contribution >= 0.6 is 11.3 Å². The number of carbonyl (C=O) groups is 1. The minimum Gasteiger partial charge on any atom is -0.492 e. The molecule has 1 aromatic heterocycles. The molecule has 22 heavy (non-hydrogen) atoms. The lowest BCUT2D eigenvalue weighted by molar-refractivity contribution is -0.115. The number of hydrogen-bond donors (Lipinski definition) is 2. The third-order valence-electron chi connectivity index (χ3n) is 3.08. The lowest BCUT2D eigenvalue weighted by atomic mass is 10.2. The number of thiazole rings is 1. The summed E-state index contributed by atoms with van der Waals surface area (Å²) in [6.07, 6.45) is 0.102. The second-order valence-electron chi connectivity index (χ2n) is 4.72. The lowest BCUT2D eigenvalue weighted by Crippen LogP contribution is -2.13. The highest BCUT2D eigenvalue weighted by atomic mass is 32.1. The topological polar surface area (TPSA) is 62.2 Å². The van der Waals surface area contributed by atoms with Crippen molar-refractivity contribution in [3.63, 3.8) is 0 Å². The van der Waals surface area contributed by atoms with Crippen LogP contribution in [0.3, 0.4) is 0 Å². The van der Waals surface area contributed by atoms with E-state index in [9.17, 15) is 9.90 Å². The first-order valence-electron chi connectivity index (χ1n) is 6.81. The summed E-state index contributed by atoms with van der Waals surface area (Å²) in [6.45, 7) is 0. The van der Waals surface area contributed by atoms with Gasteiger partial charge in [0, 0.05) is 11.3 Å². The molecule has 1 amide bonds. The van der Waals surface area contributed by atoms with Crippen LogP contribution in [-0.4, -0.2) is 16.0 Å². The van der Waals surface area contributed by atoms with Crippen molar-refractivity contribution in [1.29, 1.82) is 0 Å². The zero-order valence-electron chi connectivity index (χ0n) is 11.7. The van der Waals surface area contributed by atoms with Crippen molar-refractivity contribution in [3.05, 3.63) is 65.5 Å². The van der Waals surface area contributed by atoms with Gasteiger partial charge in [-0.25, -0.2) is 4.98 Å². The minimum absolute atomic E-state index is 0.0768. The highest BCUT2D eigenvalue weighted by molar-refractivity contribution is 7.15. The number of aromatic nitrogens is 1. The van der Waals surface area contributed by atoms with E-state index >= 15 is 0 Å². The average molecular weight is 310 g/mol. The van der Waals surface area contributed by atoms with Crippen molar-refractivity contribution in [2.75, 3.05) is 5.32 Å². The van der Waals surface area contributed by atoms with Gasteiger partial charge in [-0.2, -0.15) is 0 Å². The molecule has 0 fully saturated rings. The molecule has 2 N–H and O–H groups in total. The Labute approximate surface area is 132 Å². The molecule has 0 bridgehead atoms. The number of nitrogens with one attached hydrogen (secondary N) is 1. The fraction of sp³-hybridized carbons (Fsp3) is 0.0588. The Morgan fingerprint density at radius 1 is 1.05 bits per heavy atom. The summed E-state index contributed by atoms with van der Waals surface area (Å²) in [5, 5.41) is 13.4. The minimum atomic E-state index is -0.176. The molecular formula is C17H14N2O2S. The molecule has 4 nitrogen and oxygen atoms in total. The predicted molar refractivity (Wildman–Crippen MR) is 88.0 cm³/mol. The fourth-order valence-corrected chi connectivity index (χ4v) is 3.00. The fourth-order valence-electron chi connectivity index (χ4n) is 2.04. The van der Waals surface area contributed by atoms with Gasteiger partial charge in [0.05, 0.1) is 11.3 Å². The van der Waals surface area contributed by atoms with E-state index in [0.717, 1.165) is 11.3 Å². The summed E-state index contributed by atoms with van der Waals surface area (Å²) >= 11 is 1.33. The standard InChI is InChI=1S/C17H14N2O2S/c20-15(18-13-9-5-2-6-10-13)11-14-16(21)19-17(22-14)12-7-3-1-4-8-12/h1-10,21H,11H2,(H,18,20).